The second kappa shape index (κ2) is 8.84. The molecule has 2 atom stereocenters. The van der Waals surface area contributed by atoms with Gasteiger partial charge in [0.2, 0.25) is 0 Å². The van der Waals surface area contributed by atoms with Crippen LogP contribution in [0, 0.1) is 25.2 Å². The minimum atomic E-state index is 0.110. The van der Waals surface area contributed by atoms with E-state index in [1.54, 1.807) is 0 Å². The molecule has 1 aliphatic heterocycles. The fraction of sp³-hybridized carbons (Fsp3) is 0.310. The van der Waals surface area contributed by atoms with E-state index in [1.165, 1.54) is 24.0 Å². The number of hydrogen-bond acceptors (Lipinski definition) is 4. The molecule has 3 heterocycles. The zero-order chi connectivity index (χ0) is 23.8. The summed E-state index contributed by atoms with van der Waals surface area (Å²) in [5.74, 6) is 5.40. The molecule has 1 aliphatic carbocycles. The van der Waals surface area contributed by atoms with Gasteiger partial charge in [-0.05, 0) is 48.9 Å². The van der Waals surface area contributed by atoms with Crippen LogP contribution in [0.3, 0.4) is 0 Å². The van der Waals surface area contributed by atoms with E-state index in [9.17, 15) is 0 Å². The number of nitrogens with one attached hydrogen (secondary N) is 4. The second-order valence-electron chi connectivity index (χ2n) is 9.68. The Kier molecular flexibility index (Phi) is 5.52. The Bertz CT molecular complexity index is 1370. The highest BCUT2D eigenvalue weighted by atomic mass is 15.2. The minimum absolute atomic E-state index is 0.110. The SMILES string of the molecule is C#CCCNCc1ncc(-c2ccc(-c3ccc(-c4nc(C56CC5CCN6)[nH]c4C)cc3)cc2)[nH]1. The van der Waals surface area contributed by atoms with E-state index in [4.69, 9.17) is 11.4 Å². The minimum Gasteiger partial charge on any atom is -0.344 e. The fourth-order valence-electron chi connectivity index (χ4n) is 5.32. The summed E-state index contributed by atoms with van der Waals surface area (Å²) < 4.78 is 0. The van der Waals surface area contributed by atoms with E-state index >= 15 is 0 Å². The molecule has 0 radical (unpaired) electrons. The van der Waals surface area contributed by atoms with Gasteiger partial charge in [0.15, 0.2) is 0 Å². The normalized spacial score (nSPS) is 20.5. The van der Waals surface area contributed by atoms with E-state index in [0.717, 1.165) is 65.3 Å². The van der Waals surface area contributed by atoms with Gasteiger partial charge in [-0.15, -0.1) is 12.3 Å². The monoisotopic (exact) mass is 462 g/mol. The van der Waals surface area contributed by atoms with Crippen LogP contribution in [0.25, 0.3) is 33.6 Å². The maximum atomic E-state index is 5.29. The van der Waals surface area contributed by atoms with E-state index in [0.29, 0.717) is 6.54 Å². The molecule has 1 saturated heterocycles. The molecule has 6 heteroatoms. The third-order valence-electron chi connectivity index (χ3n) is 7.40. The molecule has 4 aromatic rings. The van der Waals surface area contributed by atoms with Crippen LogP contribution in [-0.4, -0.2) is 33.0 Å². The maximum Gasteiger partial charge on any atom is 0.127 e. The van der Waals surface area contributed by atoms with Crippen LogP contribution in [0.15, 0.2) is 54.7 Å². The zero-order valence-corrected chi connectivity index (χ0v) is 20.0. The van der Waals surface area contributed by atoms with Crippen molar-refractivity contribution in [1.29, 1.82) is 0 Å². The lowest BCUT2D eigenvalue weighted by molar-refractivity contribution is 0.549. The average molecular weight is 463 g/mol. The number of H-pyrrole nitrogens is 2. The van der Waals surface area contributed by atoms with Gasteiger partial charge in [-0.2, -0.15) is 0 Å². The van der Waals surface area contributed by atoms with Crippen molar-refractivity contribution in [3.8, 4) is 46.0 Å². The topological polar surface area (TPSA) is 81.4 Å². The van der Waals surface area contributed by atoms with Gasteiger partial charge in [0.25, 0.3) is 0 Å². The summed E-state index contributed by atoms with van der Waals surface area (Å²) in [7, 11) is 0. The van der Waals surface area contributed by atoms with Crippen molar-refractivity contribution in [3.63, 3.8) is 0 Å². The van der Waals surface area contributed by atoms with Crippen LogP contribution in [0.4, 0.5) is 0 Å². The second-order valence-corrected chi connectivity index (χ2v) is 9.68. The molecule has 6 rings (SSSR count). The number of terminal acetylenes is 1. The van der Waals surface area contributed by atoms with Gasteiger partial charge in [-0.1, -0.05) is 48.5 Å². The first-order valence-corrected chi connectivity index (χ1v) is 12.4. The van der Waals surface area contributed by atoms with Crippen molar-refractivity contribution in [2.75, 3.05) is 13.1 Å². The number of aryl methyl sites for hydroxylation is 1. The first-order chi connectivity index (χ1) is 17.2. The van der Waals surface area contributed by atoms with Crippen molar-refractivity contribution in [2.45, 2.75) is 38.3 Å². The lowest BCUT2D eigenvalue weighted by Crippen LogP contribution is -2.26. The first kappa shape index (κ1) is 21.8. The highest BCUT2D eigenvalue weighted by molar-refractivity contribution is 5.72. The number of aromatic amines is 2. The number of hydrogen-bond donors (Lipinski definition) is 4. The lowest BCUT2D eigenvalue weighted by atomic mass is 10.0. The standard InChI is InChI=1S/C29H30N6/c1-3-4-14-30-18-26-31-17-25(34-26)22-9-5-20(6-10-22)21-7-11-23(12-8-21)27-19(2)33-28(35-27)29-16-24(29)13-15-32-29/h1,5-12,17,24,30,32H,4,13-16,18H2,2H3,(H,31,34)(H,33,35). The van der Waals surface area contributed by atoms with Crippen LogP contribution < -0.4 is 10.6 Å². The van der Waals surface area contributed by atoms with Crippen LogP contribution >= 0.6 is 0 Å². The van der Waals surface area contributed by atoms with Crippen molar-refractivity contribution < 1.29 is 0 Å². The van der Waals surface area contributed by atoms with E-state index in [1.807, 2.05) is 6.20 Å². The molecule has 0 bridgehead atoms. The summed E-state index contributed by atoms with van der Waals surface area (Å²) in [6, 6.07) is 17.3. The van der Waals surface area contributed by atoms with Gasteiger partial charge in [-0.3, -0.25) is 0 Å². The number of nitrogens with zero attached hydrogens (tertiary/aromatic N) is 2. The molecule has 0 amide bonds. The molecule has 2 aliphatic rings. The summed E-state index contributed by atoms with van der Waals surface area (Å²) in [6.45, 7) is 4.69. The van der Waals surface area contributed by atoms with Gasteiger partial charge >= 0.3 is 0 Å². The molecule has 2 aromatic carbocycles. The zero-order valence-electron chi connectivity index (χ0n) is 20.0. The van der Waals surface area contributed by atoms with Crippen LogP contribution in [0.2, 0.25) is 0 Å². The molecule has 0 spiro atoms. The molecule has 2 aromatic heterocycles. The number of fused-ring (bicyclic) bond motifs is 1. The Balaban J connectivity index is 1.15. The van der Waals surface area contributed by atoms with Crippen molar-refractivity contribution in [2.24, 2.45) is 5.92 Å². The summed E-state index contributed by atoms with van der Waals surface area (Å²) >= 11 is 0. The molecular formula is C29H30N6. The first-order valence-electron chi connectivity index (χ1n) is 12.4. The summed E-state index contributed by atoms with van der Waals surface area (Å²) in [5, 5.41) is 6.96. The third-order valence-corrected chi connectivity index (χ3v) is 7.40. The Labute approximate surface area is 206 Å². The predicted octanol–water partition coefficient (Wildman–Crippen LogP) is 4.76. The van der Waals surface area contributed by atoms with E-state index < -0.39 is 0 Å². The van der Waals surface area contributed by atoms with Gasteiger partial charge < -0.3 is 20.6 Å². The molecule has 35 heavy (non-hydrogen) atoms. The van der Waals surface area contributed by atoms with Crippen molar-refractivity contribution in [3.05, 3.63) is 72.1 Å². The molecule has 176 valence electrons. The number of piperidine rings is 1. The predicted molar refractivity (Wildman–Crippen MR) is 139 cm³/mol. The van der Waals surface area contributed by atoms with Crippen LogP contribution in [0.1, 0.15) is 36.6 Å². The Morgan fingerprint density at radius 3 is 2.40 bits per heavy atom. The summed E-state index contributed by atoms with van der Waals surface area (Å²) in [6.07, 6.45) is 10.4. The van der Waals surface area contributed by atoms with E-state index in [-0.39, 0.29) is 5.54 Å². The number of rotatable bonds is 8. The van der Waals surface area contributed by atoms with Gasteiger partial charge in [-0.25, -0.2) is 9.97 Å². The third kappa shape index (κ3) is 4.07. The van der Waals surface area contributed by atoms with Crippen LogP contribution in [-0.2, 0) is 12.1 Å². The lowest BCUT2D eigenvalue weighted by Gasteiger charge is -2.09. The summed E-state index contributed by atoms with van der Waals surface area (Å²) in [4.78, 5) is 16.4. The Morgan fingerprint density at radius 1 is 1.03 bits per heavy atom. The van der Waals surface area contributed by atoms with Gasteiger partial charge in [0.1, 0.15) is 11.6 Å². The number of benzene rings is 2. The molecule has 4 N–H and O–H groups in total. The smallest absolute Gasteiger partial charge is 0.127 e. The molecule has 2 fully saturated rings. The summed E-state index contributed by atoms with van der Waals surface area (Å²) in [5.41, 5.74) is 7.96. The van der Waals surface area contributed by atoms with E-state index in [2.05, 4.69) is 87.0 Å². The highest BCUT2D eigenvalue weighted by Gasteiger charge is 2.60. The molecular weight excluding hydrogens is 432 g/mol. The molecule has 2 unspecified atom stereocenters. The van der Waals surface area contributed by atoms with Crippen LogP contribution in [0.5, 0.6) is 0 Å². The fourth-order valence-corrected chi connectivity index (χ4v) is 5.32. The highest BCUT2D eigenvalue weighted by Crippen LogP contribution is 2.56. The van der Waals surface area contributed by atoms with Gasteiger partial charge in [0.05, 0.1) is 29.7 Å². The Morgan fingerprint density at radius 2 is 1.74 bits per heavy atom. The molecule has 6 nitrogen and oxygen atoms in total. The van der Waals surface area contributed by atoms with Gasteiger partial charge in [0, 0.05) is 24.2 Å². The maximum absolute atomic E-state index is 5.29. The van der Waals surface area contributed by atoms with Crippen molar-refractivity contribution >= 4 is 0 Å². The molecule has 1 saturated carbocycles. The van der Waals surface area contributed by atoms with Crippen molar-refractivity contribution in [1.82, 2.24) is 30.6 Å². The Hall–Kier alpha value is -3.66. The quantitative estimate of drug-likeness (QED) is 0.225. The number of aromatic nitrogens is 4. The largest absolute Gasteiger partial charge is 0.344 e. The average Bonchev–Trinajstić information content (AvgIpc) is 3.27. The number of imidazole rings is 2.